The van der Waals surface area contributed by atoms with E-state index in [2.05, 4.69) is 4.98 Å². The van der Waals surface area contributed by atoms with Crippen LogP contribution in [0.15, 0.2) is 42.7 Å². The molecule has 0 N–H and O–H groups in total. The number of hydrogen-bond donors (Lipinski definition) is 0. The largest absolute Gasteiger partial charge is 0.345 e. The number of halogens is 2. The second-order valence-electron chi connectivity index (χ2n) is 6.26. The molecule has 128 valence electrons. The lowest BCUT2D eigenvalue weighted by molar-refractivity contribution is -0.132. The van der Waals surface area contributed by atoms with Crippen molar-refractivity contribution < 1.29 is 4.79 Å². The molecule has 0 radical (unpaired) electrons. The van der Waals surface area contributed by atoms with Gasteiger partial charge in [0.25, 0.3) is 0 Å². The molecular formula is C19H22Cl2N2O. The van der Waals surface area contributed by atoms with Crippen molar-refractivity contribution in [1.82, 2.24) is 9.88 Å². The van der Waals surface area contributed by atoms with Crippen LogP contribution in [0.25, 0.3) is 0 Å². The highest BCUT2D eigenvalue weighted by Crippen LogP contribution is 2.31. The molecule has 2 aromatic rings. The zero-order chi connectivity index (χ0) is 17.7. The lowest BCUT2D eigenvalue weighted by Crippen LogP contribution is -2.35. The summed E-state index contributed by atoms with van der Waals surface area (Å²) < 4.78 is 0. The molecule has 0 aliphatic carbocycles. The predicted molar refractivity (Wildman–Crippen MR) is 99.6 cm³/mol. The summed E-state index contributed by atoms with van der Waals surface area (Å²) >= 11 is 12.1. The van der Waals surface area contributed by atoms with Gasteiger partial charge < -0.3 is 4.90 Å². The Bertz CT molecular complexity index is 689. The quantitative estimate of drug-likeness (QED) is 0.735. The molecule has 0 saturated heterocycles. The van der Waals surface area contributed by atoms with Crippen LogP contribution in [0.4, 0.5) is 0 Å². The van der Waals surface area contributed by atoms with E-state index in [1.807, 2.05) is 39.1 Å². The number of rotatable bonds is 6. The van der Waals surface area contributed by atoms with E-state index >= 15 is 0 Å². The third-order valence-corrected chi connectivity index (χ3v) is 4.84. The molecule has 5 heteroatoms. The van der Waals surface area contributed by atoms with Crippen LogP contribution in [0, 0.1) is 5.92 Å². The van der Waals surface area contributed by atoms with Gasteiger partial charge in [0.05, 0.1) is 16.0 Å². The number of carbonyl (C=O) groups excluding carboxylic acids is 1. The maximum atomic E-state index is 12.9. The Morgan fingerprint density at radius 1 is 1.12 bits per heavy atom. The van der Waals surface area contributed by atoms with Gasteiger partial charge in [0.15, 0.2) is 0 Å². The smallest absolute Gasteiger partial charge is 0.230 e. The third kappa shape index (κ3) is 4.71. The van der Waals surface area contributed by atoms with Crippen LogP contribution in [0.2, 0.25) is 10.0 Å². The Hall–Kier alpha value is -1.58. The Balaban J connectivity index is 2.11. The first-order valence-electron chi connectivity index (χ1n) is 7.99. The number of benzene rings is 1. The molecule has 2 rings (SSSR count). The first kappa shape index (κ1) is 18.8. The predicted octanol–water partition coefficient (Wildman–Crippen LogP) is 4.83. The van der Waals surface area contributed by atoms with Gasteiger partial charge in [-0.3, -0.25) is 9.78 Å². The Labute approximate surface area is 153 Å². The second kappa shape index (κ2) is 8.50. The van der Waals surface area contributed by atoms with Gasteiger partial charge in [0.1, 0.15) is 0 Å². The number of likely N-dealkylation sites (N-methyl/N-ethyl adjacent to an activating group) is 1. The van der Waals surface area contributed by atoms with Crippen LogP contribution in [-0.4, -0.2) is 29.4 Å². The number of hydrogen-bond acceptors (Lipinski definition) is 2. The van der Waals surface area contributed by atoms with Crippen molar-refractivity contribution in [3.05, 3.63) is 63.9 Å². The Kier molecular flexibility index (Phi) is 6.64. The Morgan fingerprint density at radius 2 is 1.79 bits per heavy atom. The number of amides is 1. The molecule has 1 unspecified atom stereocenters. The molecule has 1 amide bonds. The standard InChI is InChI=1S/C19H22Cl2N2O/c1-13(2)18(15-4-5-16(20)17(21)12-15)19(24)23(3)11-8-14-6-9-22-10-7-14/h4-7,9-10,12-13,18H,8,11H2,1-3H3. The molecular weight excluding hydrogens is 343 g/mol. The lowest BCUT2D eigenvalue weighted by Gasteiger charge is -2.27. The average molecular weight is 365 g/mol. The zero-order valence-corrected chi connectivity index (χ0v) is 15.7. The van der Waals surface area contributed by atoms with Crippen LogP contribution in [0.1, 0.15) is 30.9 Å². The molecule has 0 saturated carbocycles. The van der Waals surface area contributed by atoms with Gasteiger partial charge in [-0.15, -0.1) is 0 Å². The van der Waals surface area contributed by atoms with Crippen molar-refractivity contribution in [2.24, 2.45) is 5.92 Å². The summed E-state index contributed by atoms with van der Waals surface area (Å²) in [5.74, 6) is 0.0257. The first-order chi connectivity index (χ1) is 11.4. The molecule has 1 atom stereocenters. The molecule has 0 aliphatic rings. The van der Waals surface area contributed by atoms with Gasteiger partial charge >= 0.3 is 0 Å². The lowest BCUT2D eigenvalue weighted by atomic mass is 9.87. The fourth-order valence-electron chi connectivity index (χ4n) is 2.71. The molecule has 3 nitrogen and oxygen atoms in total. The van der Waals surface area contributed by atoms with Crippen molar-refractivity contribution >= 4 is 29.1 Å². The minimum absolute atomic E-state index is 0.0949. The van der Waals surface area contributed by atoms with E-state index in [-0.39, 0.29) is 17.7 Å². The van der Waals surface area contributed by atoms with Gasteiger partial charge in [-0.25, -0.2) is 0 Å². The topological polar surface area (TPSA) is 33.2 Å². The van der Waals surface area contributed by atoms with Crippen LogP contribution in [-0.2, 0) is 11.2 Å². The fourth-order valence-corrected chi connectivity index (χ4v) is 3.02. The second-order valence-corrected chi connectivity index (χ2v) is 7.07. The van der Waals surface area contributed by atoms with Crippen molar-refractivity contribution in [1.29, 1.82) is 0 Å². The van der Waals surface area contributed by atoms with E-state index in [0.29, 0.717) is 16.6 Å². The van der Waals surface area contributed by atoms with Gasteiger partial charge in [-0.1, -0.05) is 43.1 Å². The minimum Gasteiger partial charge on any atom is -0.345 e. The first-order valence-corrected chi connectivity index (χ1v) is 8.74. The zero-order valence-electron chi connectivity index (χ0n) is 14.2. The summed E-state index contributed by atoms with van der Waals surface area (Å²) in [4.78, 5) is 18.7. The van der Waals surface area contributed by atoms with Crippen LogP contribution >= 0.6 is 23.2 Å². The number of aromatic nitrogens is 1. The van der Waals surface area contributed by atoms with Gasteiger partial charge in [0.2, 0.25) is 5.91 Å². The van der Waals surface area contributed by atoms with E-state index in [4.69, 9.17) is 23.2 Å². The van der Waals surface area contributed by atoms with Crippen LogP contribution in [0.3, 0.4) is 0 Å². The summed E-state index contributed by atoms with van der Waals surface area (Å²) in [7, 11) is 1.84. The van der Waals surface area contributed by atoms with E-state index < -0.39 is 0 Å². The Morgan fingerprint density at radius 3 is 2.38 bits per heavy atom. The summed E-state index contributed by atoms with van der Waals surface area (Å²) in [6, 6.07) is 9.37. The molecule has 0 fully saturated rings. The van der Waals surface area contributed by atoms with E-state index in [9.17, 15) is 4.79 Å². The van der Waals surface area contributed by atoms with Gasteiger partial charge in [-0.2, -0.15) is 0 Å². The molecule has 1 aromatic heterocycles. The molecule has 1 heterocycles. The van der Waals surface area contributed by atoms with Crippen molar-refractivity contribution in [3.63, 3.8) is 0 Å². The number of carbonyl (C=O) groups is 1. The maximum absolute atomic E-state index is 12.9. The van der Waals surface area contributed by atoms with Crippen LogP contribution < -0.4 is 0 Å². The molecule has 0 aliphatic heterocycles. The maximum Gasteiger partial charge on any atom is 0.230 e. The van der Waals surface area contributed by atoms with Crippen molar-refractivity contribution in [2.75, 3.05) is 13.6 Å². The summed E-state index contributed by atoms with van der Waals surface area (Å²) in [5, 5.41) is 0.980. The van der Waals surface area contributed by atoms with Gasteiger partial charge in [0, 0.05) is 26.0 Å². The van der Waals surface area contributed by atoms with Gasteiger partial charge in [-0.05, 0) is 47.7 Å². The van der Waals surface area contributed by atoms with Crippen LogP contribution in [0.5, 0.6) is 0 Å². The SMILES string of the molecule is CC(C)C(C(=O)N(C)CCc1ccncc1)c1ccc(Cl)c(Cl)c1. The highest BCUT2D eigenvalue weighted by Gasteiger charge is 2.27. The summed E-state index contributed by atoms with van der Waals surface area (Å²) in [5.41, 5.74) is 2.07. The summed E-state index contributed by atoms with van der Waals surface area (Å²) in [6.45, 7) is 4.75. The van der Waals surface area contributed by atoms with E-state index in [1.165, 1.54) is 5.56 Å². The van der Waals surface area contributed by atoms with E-state index in [0.717, 1.165) is 12.0 Å². The molecule has 0 bridgehead atoms. The third-order valence-electron chi connectivity index (χ3n) is 4.10. The highest BCUT2D eigenvalue weighted by atomic mass is 35.5. The molecule has 1 aromatic carbocycles. The fraction of sp³-hybridized carbons (Fsp3) is 0.368. The summed E-state index contributed by atoms with van der Waals surface area (Å²) in [6.07, 6.45) is 4.34. The van der Waals surface area contributed by atoms with E-state index in [1.54, 1.807) is 29.4 Å². The molecule has 0 spiro atoms. The van der Waals surface area contributed by atoms with Crippen molar-refractivity contribution in [3.8, 4) is 0 Å². The normalized spacial score (nSPS) is 12.2. The number of pyridine rings is 1. The average Bonchev–Trinajstić information content (AvgIpc) is 2.56. The highest BCUT2D eigenvalue weighted by molar-refractivity contribution is 6.42. The molecule has 24 heavy (non-hydrogen) atoms. The number of nitrogens with zero attached hydrogens (tertiary/aromatic N) is 2. The minimum atomic E-state index is -0.234. The monoisotopic (exact) mass is 364 g/mol. The van der Waals surface area contributed by atoms with Crippen molar-refractivity contribution in [2.45, 2.75) is 26.2 Å².